The molecule has 4 aromatic rings. The molecule has 1 atom stereocenters. The molecule has 30 heavy (non-hydrogen) atoms. The fourth-order valence-electron chi connectivity index (χ4n) is 4.01. The van der Waals surface area contributed by atoms with Crippen molar-refractivity contribution < 1.29 is 4.74 Å². The van der Waals surface area contributed by atoms with Gasteiger partial charge >= 0.3 is 0 Å². The van der Waals surface area contributed by atoms with Gasteiger partial charge in [0, 0.05) is 28.2 Å². The van der Waals surface area contributed by atoms with Crippen molar-refractivity contribution in [1.82, 2.24) is 14.8 Å². The molecule has 4 nitrogen and oxygen atoms in total. The van der Waals surface area contributed by atoms with Crippen molar-refractivity contribution >= 4 is 33.9 Å². The van der Waals surface area contributed by atoms with E-state index in [-0.39, 0.29) is 6.10 Å². The van der Waals surface area contributed by atoms with Gasteiger partial charge < -0.3 is 4.74 Å². The Kier molecular flexibility index (Phi) is 5.88. The number of aryl methyl sites for hydroxylation is 1. The highest BCUT2D eigenvalue weighted by atomic mass is 32.2. The predicted octanol–water partition coefficient (Wildman–Crippen LogP) is 6.19. The number of ether oxygens (including phenoxy) is 1. The van der Waals surface area contributed by atoms with Crippen molar-refractivity contribution in [1.29, 1.82) is 0 Å². The van der Waals surface area contributed by atoms with E-state index in [2.05, 4.69) is 75.6 Å². The van der Waals surface area contributed by atoms with Crippen molar-refractivity contribution in [2.45, 2.75) is 49.7 Å². The van der Waals surface area contributed by atoms with Crippen LogP contribution in [0, 0.1) is 0 Å². The Morgan fingerprint density at radius 3 is 2.90 bits per heavy atom. The third-order valence-corrected chi connectivity index (χ3v) is 7.72. The third-order valence-electron chi connectivity index (χ3n) is 5.62. The number of thioether (sulfide) groups is 1. The normalized spacial score (nSPS) is 16.5. The number of hydrogen-bond acceptors (Lipinski definition) is 5. The first-order chi connectivity index (χ1) is 14.8. The van der Waals surface area contributed by atoms with E-state index in [1.54, 1.807) is 23.1 Å². The molecule has 2 aromatic carbocycles. The van der Waals surface area contributed by atoms with Crippen LogP contribution in [0.1, 0.15) is 30.2 Å². The SMILES string of the molecule is CCc1cc(-c2nnc(SCc3cccc4ccccc34)n2CC2CCCO2)cs1. The highest BCUT2D eigenvalue weighted by Crippen LogP contribution is 2.32. The molecule has 1 saturated heterocycles. The maximum absolute atomic E-state index is 5.94. The molecule has 0 amide bonds. The topological polar surface area (TPSA) is 39.9 Å². The predicted molar refractivity (Wildman–Crippen MR) is 125 cm³/mol. The van der Waals surface area contributed by atoms with Gasteiger partial charge in [-0.25, -0.2) is 0 Å². The summed E-state index contributed by atoms with van der Waals surface area (Å²) in [5.74, 6) is 1.83. The largest absolute Gasteiger partial charge is 0.376 e. The van der Waals surface area contributed by atoms with Gasteiger partial charge in [0.25, 0.3) is 0 Å². The van der Waals surface area contributed by atoms with Crippen LogP contribution in [0.2, 0.25) is 0 Å². The molecule has 0 bridgehead atoms. The molecule has 0 saturated carbocycles. The summed E-state index contributed by atoms with van der Waals surface area (Å²) in [5, 5.41) is 14.9. The minimum atomic E-state index is 0.251. The number of aromatic nitrogens is 3. The summed E-state index contributed by atoms with van der Waals surface area (Å²) in [4.78, 5) is 1.38. The molecular formula is C24H25N3OS2. The summed E-state index contributed by atoms with van der Waals surface area (Å²) >= 11 is 3.56. The molecule has 1 aliphatic heterocycles. The quantitative estimate of drug-likeness (QED) is 0.324. The Hall–Kier alpha value is -2.15. The van der Waals surface area contributed by atoms with Gasteiger partial charge in [0.2, 0.25) is 0 Å². The molecule has 1 aliphatic rings. The van der Waals surface area contributed by atoms with E-state index in [0.717, 1.165) is 49.1 Å². The molecule has 0 radical (unpaired) electrons. The summed E-state index contributed by atoms with van der Waals surface area (Å²) in [7, 11) is 0. The van der Waals surface area contributed by atoms with E-state index < -0.39 is 0 Å². The number of benzene rings is 2. The zero-order valence-electron chi connectivity index (χ0n) is 17.1. The fourth-order valence-corrected chi connectivity index (χ4v) is 5.77. The molecule has 0 spiro atoms. The zero-order chi connectivity index (χ0) is 20.3. The van der Waals surface area contributed by atoms with E-state index in [0.29, 0.717) is 0 Å². The smallest absolute Gasteiger partial charge is 0.191 e. The van der Waals surface area contributed by atoms with Gasteiger partial charge in [0.1, 0.15) is 0 Å². The molecule has 154 valence electrons. The Balaban J connectivity index is 1.44. The van der Waals surface area contributed by atoms with Crippen LogP contribution >= 0.6 is 23.1 Å². The first-order valence-corrected chi connectivity index (χ1v) is 12.4. The summed E-state index contributed by atoms with van der Waals surface area (Å²) in [5.41, 5.74) is 2.49. The first kappa shape index (κ1) is 19.8. The van der Waals surface area contributed by atoms with Gasteiger partial charge in [-0.3, -0.25) is 4.57 Å². The highest BCUT2D eigenvalue weighted by Gasteiger charge is 2.22. The number of nitrogens with zero attached hydrogens (tertiary/aromatic N) is 3. The molecule has 2 aromatic heterocycles. The molecule has 5 rings (SSSR count). The monoisotopic (exact) mass is 435 g/mol. The summed E-state index contributed by atoms with van der Waals surface area (Å²) in [6.45, 7) is 3.87. The summed E-state index contributed by atoms with van der Waals surface area (Å²) in [6, 6.07) is 17.3. The maximum Gasteiger partial charge on any atom is 0.191 e. The standard InChI is InChI=1S/C24H25N3OS2/c1-2-21-13-19(16-29-21)23-25-26-24(27(23)14-20-10-6-12-28-20)30-15-18-9-5-8-17-7-3-4-11-22(17)18/h3-5,7-9,11,13,16,20H,2,6,10,12,14-15H2,1H3. The average molecular weight is 436 g/mol. The van der Waals surface area contributed by atoms with Gasteiger partial charge in [0.05, 0.1) is 12.6 Å². The Labute approximate surface area is 185 Å². The first-order valence-electron chi connectivity index (χ1n) is 10.5. The number of hydrogen-bond donors (Lipinski definition) is 0. The molecule has 1 fully saturated rings. The van der Waals surface area contributed by atoms with Gasteiger partial charge in [-0.05, 0) is 41.7 Å². The molecular weight excluding hydrogens is 410 g/mol. The van der Waals surface area contributed by atoms with Gasteiger partial charge in [-0.15, -0.1) is 21.5 Å². The lowest BCUT2D eigenvalue weighted by molar-refractivity contribution is 0.0953. The summed E-state index contributed by atoms with van der Waals surface area (Å²) in [6.07, 6.45) is 3.54. The van der Waals surface area contributed by atoms with Crippen LogP contribution in [-0.4, -0.2) is 27.5 Å². The van der Waals surface area contributed by atoms with Crippen LogP contribution in [-0.2, 0) is 23.5 Å². The zero-order valence-corrected chi connectivity index (χ0v) is 18.7. The van der Waals surface area contributed by atoms with Gasteiger partial charge in [-0.1, -0.05) is 61.2 Å². The molecule has 3 heterocycles. The molecule has 0 aliphatic carbocycles. The fraction of sp³-hybridized carbons (Fsp3) is 0.333. The second-order valence-electron chi connectivity index (χ2n) is 7.63. The van der Waals surface area contributed by atoms with E-state index in [9.17, 15) is 0 Å². The third kappa shape index (κ3) is 4.04. The van der Waals surface area contributed by atoms with Crippen molar-refractivity contribution in [2.75, 3.05) is 6.61 Å². The average Bonchev–Trinajstić information content (AvgIpc) is 3.54. The summed E-state index contributed by atoms with van der Waals surface area (Å²) < 4.78 is 8.21. The Morgan fingerprint density at radius 1 is 1.17 bits per heavy atom. The minimum absolute atomic E-state index is 0.251. The van der Waals surface area contributed by atoms with Crippen molar-refractivity contribution in [2.24, 2.45) is 0 Å². The maximum atomic E-state index is 5.94. The van der Waals surface area contributed by atoms with Crippen molar-refractivity contribution in [3.05, 3.63) is 64.4 Å². The molecule has 6 heteroatoms. The Morgan fingerprint density at radius 2 is 2.07 bits per heavy atom. The van der Waals surface area contributed by atoms with Crippen LogP contribution in [0.3, 0.4) is 0 Å². The lowest BCUT2D eigenvalue weighted by Crippen LogP contribution is -2.16. The van der Waals surface area contributed by atoms with Gasteiger partial charge in [0.15, 0.2) is 11.0 Å². The van der Waals surface area contributed by atoms with Crippen molar-refractivity contribution in [3.8, 4) is 11.4 Å². The second kappa shape index (κ2) is 8.92. The van der Waals surface area contributed by atoms with E-state index in [1.807, 2.05) is 0 Å². The van der Waals surface area contributed by atoms with Crippen LogP contribution in [0.25, 0.3) is 22.2 Å². The molecule has 1 unspecified atom stereocenters. The minimum Gasteiger partial charge on any atom is -0.376 e. The van der Waals surface area contributed by atoms with Gasteiger partial charge in [-0.2, -0.15) is 0 Å². The van der Waals surface area contributed by atoms with Crippen LogP contribution < -0.4 is 0 Å². The number of thiophene rings is 1. The van der Waals surface area contributed by atoms with Crippen molar-refractivity contribution in [3.63, 3.8) is 0 Å². The van der Waals surface area contributed by atoms with Crippen LogP contribution in [0.15, 0.2) is 59.1 Å². The number of fused-ring (bicyclic) bond motifs is 1. The lowest BCUT2D eigenvalue weighted by Gasteiger charge is -2.14. The van der Waals surface area contributed by atoms with E-state index in [4.69, 9.17) is 4.74 Å². The second-order valence-corrected chi connectivity index (χ2v) is 9.57. The molecule has 0 N–H and O–H groups in total. The van der Waals surface area contributed by atoms with E-state index in [1.165, 1.54) is 26.8 Å². The Bertz CT molecular complexity index is 1140. The highest BCUT2D eigenvalue weighted by molar-refractivity contribution is 7.98. The van der Waals surface area contributed by atoms with Crippen LogP contribution in [0.5, 0.6) is 0 Å². The van der Waals surface area contributed by atoms with E-state index >= 15 is 0 Å². The van der Waals surface area contributed by atoms with Crippen LogP contribution in [0.4, 0.5) is 0 Å². The lowest BCUT2D eigenvalue weighted by atomic mass is 10.1. The number of rotatable bonds is 7.